The number of hydrogen-bond acceptors (Lipinski definition) is 0. The maximum atomic E-state index is 2.18. The fraction of sp³-hybridized carbons (Fsp3) is 0.400. The summed E-state index contributed by atoms with van der Waals surface area (Å²) in [5.41, 5.74) is 2.66. The molecule has 0 N–H and O–H groups in total. The summed E-state index contributed by atoms with van der Waals surface area (Å²) in [6, 6.07) is 8.66. The van der Waals surface area contributed by atoms with Gasteiger partial charge >= 0.3 is 23.9 Å². The molecule has 0 heterocycles. The van der Waals surface area contributed by atoms with Crippen molar-refractivity contribution in [1.29, 1.82) is 0 Å². The molecule has 0 saturated heterocycles. The van der Waals surface area contributed by atoms with Crippen molar-refractivity contribution in [2.75, 3.05) is 21.1 Å². The summed E-state index contributed by atoms with van der Waals surface area (Å²) < 4.78 is 0.889. The van der Waals surface area contributed by atoms with Crippen LogP contribution < -0.4 is 4.48 Å². The Morgan fingerprint density at radius 1 is 0.917 bits per heavy atom. The standard InChI is InChI=1S/C10H16N.Sn.4H/c1-9-5-7-10(8-6-9)11(2,3)4;;;;;/h5-8H,1-4H3;;;;;/q+1;;;;;. The van der Waals surface area contributed by atoms with Crippen molar-refractivity contribution in [3.63, 3.8) is 0 Å². The van der Waals surface area contributed by atoms with Crippen LogP contribution in [0.5, 0.6) is 0 Å². The number of aryl methyl sites for hydroxylation is 1. The molecule has 0 unspecified atom stereocenters. The van der Waals surface area contributed by atoms with Crippen molar-refractivity contribution in [3.05, 3.63) is 29.8 Å². The van der Waals surface area contributed by atoms with Gasteiger partial charge in [0.15, 0.2) is 0 Å². The molecular formula is C10H20NSn+. The fourth-order valence-corrected chi connectivity index (χ4v) is 0.992. The van der Waals surface area contributed by atoms with E-state index in [0.29, 0.717) is 0 Å². The molecule has 0 fully saturated rings. The van der Waals surface area contributed by atoms with Crippen LogP contribution in [0.1, 0.15) is 5.56 Å². The zero-order valence-corrected chi connectivity index (χ0v) is 7.76. The molecule has 2 heteroatoms. The van der Waals surface area contributed by atoms with E-state index in [0.717, 1.165) is 4.48 Å². The maximum absolute atomic E-state index is 2.18. The summed E-state index contributed by atoms with van der Waals surface area (Å²) in [4.78, 5) is 0. The van der Waals surface area contributed by atoms with E-state index in [1.807, 2.05) is 0 Å². The molecule has 0 atom stereocenters. The Bertz CT molecular complexity index is 233. The molecule has 0 spiro atoms. The van der Waals surface area contributed by atoms with Crippen LogP contribution in [0.2, 0.25) is 0 Å². The quantitative estimate of drug-likeness (QED) is 0.523. The van der Waals surface area contributed by atoms with Crippen molar-refractivity contribution in [2.45, 2.75) is 6.92 Å². The van der Waals surface area contributed by atoms with Crippen molar-refractivity contribution in [3.8, 4) is 0 Å². The number of rotatable bonds is 1. The van der Waals surface area contributed by atoms with E-state index in [9.17, 15) is 0 Å². The first-order valence-corrected chi connectivity index (χ1v) is 3.89. The van der Waals surface area contributed by atoms with E-state index in [1.54, 1.807) is 0 Å². The van der Waals surface area contributed by atoms with E-state index in [-0.39, 0.29) is 23.9 Å². The van der Waals surface area contributed by atoms with Gasteiger partial charge in [-0.1, -0.05) is 17.7 Å². The molecule has 0 bridgehead atoms. The average molecular weight is 273 g/mol. The van der Waals surface area contributed by atoms with Gasteiger partial charge in [0.2, 0.25) is 0 Å². The third-order valence-corrected chi connectivity index (χ3v) is 1.81. The topological polar surface area (TPSA) is 0 Å². The number of quaternary nitrogens is 1. The minimum absolute atomic E-state index is 0. The predicted molar refractivity (Wildman–Crippen MR) is 62.1 cm³/mol. The Labute approximate surface area is 91.9 Å². The Morgan fingerprint density at radius 3 is 1.67 bits per heavy atom. The van der Waals surface area contributed by atoms with Gasteiger partial charge in [0.25, 0.3) is 0 Å². The second kappa shape index (κ2) is 4.28. The third kappa shape index (κ3) is 3.15. The third-order valence-electron chi connectivity index (χ3n) is 1.81. The molecule has 0 saturated carbocycles. The summed E-state index contributed by atoms with van der Waals surface area (Å²) in [6.07, 6.45) is 0. The second-order valence-corrected chi connectivity index (χ2v) is 3.85. The van der Waals surface area contributed by atoms with Crippen LogP contribution in [0.3, 0.4) is 0 Å². The second-order valence-electron chi connectivity index (χ2n) is 3.85. The normalized spacial score (nSPS) is 10.7. The molecule has 68 valence electrons. The van der Waals surface area contributed by atoms with Gasteiger partial charge in [0.05, 0.1) is 21.1 Å². The summed E-state index contributed by atoms with van der Waals surface area (Å²) in [5.74, 6) is 0. The van der Waals surface area contributed by atoms with E-state index < -0.39 is 0 Å². The Morgan fingerprint density at radius 2 is 1.33 bits per heavy atom. The van der Waals surface area contributed by atoms with Crippen molar-refractivity contribution in [1.82, 2.24) is 4.48 Å². The average Bonchev–Trinajstić information content (AvgIpc) is 1.86. The summed E-state index contributed by atoms with van der Waals surface area (Å²) in [5, 5.41) is 0. The van der Waals surface area contributed by atoms with Gasteiger partial charge in [-0.15, -0.1) is 0 Å². The molecule has 12 heavy (non-hydrogen) atoms. The van der Waals surface area contributed by atoms with E-state index in [4.69, 9.17) is 0 Å². The Balaban J connectivity index is 0.00000121. The van der Waals surface area contributed by atoms with E-state index in [1.165, 1.54) is 11.3 Å². The van der Waals surface area contributed by atoms with Crippen LogP contribution in [-0.2, 0) is 0 Å². The molecule has 0 radical (unpaired) electrons. The van der Waals surface area contributed by atoms with Crippen LogP contribution in [-0.4, -0.2) is 45.1 Å². The molecule has 0 aliphatic carbocycles. The molecule has 1 aromatic rings. The van der Waals surface area contributed by atoms with Gasteiger partial charge in [-0.25, -0.2) is 0 Å². The van der Waals surface area contributed by atoms with Gasteiger partial charge < -0.3 is 0 Å². The van der Waals surface area contributed by atoms with Crippen molar-refractivity contribution in [2.24, 2.45) is 0 Å². The van der Waals surface area contributed by atoms with Crippen LogP contribution in [0.4, 0.5) is 5.69 Å². The minimum atomic E-state index is 0. The van der Waals surface area contributed by atoms with Gasteiger partial charge in [-0.3, -0.25) is 4.48 Å². The van der Waals surface area contributed by atoms with Crippen LogP contribution in [0, 0.1) is 6.92 Å². The first kappa shape index (κ1) is 12.0. The summed E-state index contributed by atoms with van der Waals surface area (Å²) in [6.45, 7) is 2.11. The summed E-state index contributed by atoms with van der Waals surface area (Å²) in [7, 11) is 6.51. The molecule has 0 aliphatic rings. The van der Waals surface area contributed by atoms with E-state index in [2.05, 4.69) is 52.3 Å². The van der Waals surface area contributed by atoms with Crippen LogP contribution in [0.25, 0.3) is 0 Å². The number of benzene rings is 1. The van der Waals surface area contributed by atoms with Gasteiger partial charge in [0.1, 0.15) is 5.69 Å². The molecule has 0 aliphatic heterocycles. The first-order chi connectivity index (χ1) is 5.00. The molecule has 1 rings (SSSR count). The number of hydrogen-bond donors (Lipinski definition) is 0. The number of nitrogens with zero attached hydrogens (tertiary/aromatic N) is 1. The van der Waals surface area contributed by atoms with Gasteiger partial charge in [-0.2, -0.15) is 0 Å². The predicted octanol–water partition coefficient (Wildman–Crippen LogP) is 0.740. The monoisotopic (exact) mass is 274 g/mol. The van der Waals surface area contributed by atoms with Gasteiger partial charge in [0, 0.05) is 0 Å². The molecule has 0 aromatic heterocycles. The molecule has 1 nitrogen and oxygen atoms in total. The zero-order chi connectivity index (χ0) is 8.48. The molecule has 1 aromatic carbocycles. The SMILES string of the molecule is Cc1ccc([N+](C)(C)C)cc1.[SnH4]. The zero-order valence-electron chi connectivity index (χ0n) is 7.76. The van der Waals surface area contributed by atoms with Crippen LogP contribution >= 0.6 is 0 Å². The van der Waals surface area contributed by atoms with E-state index >= 15 is 0 Å². The van der Waals surface area contributed by atoms with Crippen molar-refractivity contribution >= 4 is 29.6 Å². The molecule has 0 amide bonds. The first-order valence-electron chi connectivity index (χ1n) is 3.89. The molecular weight excluding hydrogens is 253 g/mol. The Hall–Kier alpha value is -0.0213. The van der Waals surface area contributed by atoms with Gasteiger partial charge in [-0.05, 0) is 19.1 Å². The van der Waals surface area contributed by atoms with Crippen molar-refractivity contribution < 1.29 is 0 Å². The van der Waals surface area contributed by atoms with Crippen LogP contribution in [0.15, 0.2) is 24.3 Å². The fourth-order valence-electron chi connectivity index (χ4n) is 0.992. The summed E-state index contributed by atoms with van der Waals surface area (Å²) >= 11 is 0. The Kier molecular flexibility index (Phi) is 4.27.